The highest BCUT2D eigenvalue weighted by Crippen LogP contribution is 2.35. The first-order chi connectivity index (χ1) is 16.8. The zero-order valence-corrected chi connectivity index (χ0v) is 20.4. The maximum atomic E-state index is 12.0. The number of ether oxygens (including phenoxy) is 1. The van der Waals surface area contributed by atoms with Crippen molar-refractivity contribution in [2.24, 2.45) is 11.8 Å². The molecule has 35 heavy (non-hydrogen) atoms. The fourth-order valence-electron chi connectivity index (χ4n) is 4.70. The molecule has 1 unspecified atom stereocenters. The number of hydrogen-bond acceptors (Lipinski definition) is 5. The monoisotopic (exact) mass is 494 g/mol. The van der Waals surface area contributed by atoms with Crippen LogP contribution in [-0.4, -0.2) is 57.0 Å². The summed E-state index contributed by atoms with van der Waals surface area (Å²) in [5.41, 5.74) is 4.95. The zero-order valence-electron chi connectivity index (χ0n) is 19.6. The number of carboxylic acid groups (broad SMARTS) is 1. The van der Waals surface area contributed by atoms with Crippen LogP contribution in [0.1, 0.15) is 37.7 Å². The fourth-order valence-corrected chi connectivity index (χ4v) is 4.96. The molecular formula is C26H27ClN4O4. The van der Waals surface area contributed by atoms with Gasteiger partial charge in [-0.25, -0.2) is 4.98 Å². The third-order valence-electron chi connectivity index (χ3n) is 6.86. The minimum atomic E-state index is -0.727. The second-order valence-corrected chi connectivity index (χ2v) is 9.90. The summed E-state index contributed by atoms with van der Waals surface area (Å²) < 4.78 is 5.92. The number of amides is 1. The molecule has 182 valence electrons. The molecule has 0 saturated heterocycles. The van der Waals surface area contributed by atoms with E-state index in [0.29, 0.717) is 53.6 Å². The first kappa shape index (κ1) is 23.4. The van der Waals surface area contributed by atoms with E-state index in [-0.39, 0.29) is 23.8 Å². The molecule has 0 bridgehead atoms. The number of carboxylic acids is 1. The normalized spacial score (nSPS) is 21.8. The van der Waals surface area contributed by atoms with E-state index >= 15 is 0 Å². The van der Waals surface area contributed by atoms with Crippen molar-refractivity contribution < 1.29 is 19.4 Å². The van der Waals surface area contributed by atoms with Gasteiger partial charge in [0.15, 0.2) is 5.65 Å². The number of benzene rings is 1. The number of carbonyl (C=O) groups excluding carboxylic acids is 1. The van der Waals surface area contributed by atoms with Crippen molar-refractivity contribution in [1.82, 2.24) is 19.9 Å². The van der Waals surface area contributed by atoms with Crippen molar-refractivity contribution >= 4 is 40.2 Å². The van der Waals surface area contributed by atoms with Crippen molar-refractivity contribution in [3.63, 3.8) is 0 Å². The van der Waals surface area contributed by atoms with Gasteiger partial charge in [-0.05, 0) is 49.3 Å². The average Bonchev–Trinajstić information content (AvgIpc) is 3.21. The van der Waals surface area contributed by atoms with Gasteiger partial charge in [0.1, 0.15) is 6.10 Å². The molecule has 0 radical (unpaired) electrons. The Hall–Kier alpha value is -3.39. The highest BCUT2D eigenvalue weighted by atomic mass is 35.5. The number of aliphatic carboxylic acids is 1. The number of nitrogens with zero attached hydrogens (tertiary/aromatic N) is 3. The SMILES string of the molecule is CN(C)C(=O)C1CC(Oc2nc3nc(-c4ccc(C5=CCC(C(=O)O)CC5)cc4)c(Cl)cc3[nH]2)C1. The molecular weight excluding hydrogens is 468 g/mol. The van der Waals surface area contributed by atoms with Crippen LogP contribution < -0.4 is 4.74 Å². The second kappa shape index (κ2) is 9.34. The van der Waals surface area contributed by atoms with E-state index in [1.165, 1.54) is 5.57 Å². The van der Waals surface area contributed by atoms with Gasteiger partial charge in [0.25, 0.3) is 6.01 Å². The minimum Gasteiger partial charge on any atom is -0.481 e. The van der Waals surface area contributed by atoms with Crippen LogP contribution in [0.25, 0.3) is 28.0 Å². The van der Waals surface area contributed by atoms with Gasteiger partial charge in [-0.15, -0.1) is 0 Å². The Kier molecular flexibility index (Phi) is 6.23. The number of pyridine rings is 1. The Morgan fingerprint density at radius 2 is 1.83 bits per heavy atom. The summed E-state index contributed by atoms with van der Waals surface area (Å²) in [6, 6.07) is 10.2. The molecule has 1 atom stereocenters. The Morgan fingerprint density at radius 3 is 2.46 bits per heavy atom. The van der Waals surface area contributed by atoms with Crippen LogP contribution in [-0.2, 0) is 9.59 Å². The summed E-state index contributed by atoms with van der Waals surface area (Å²) in [5, 5.41) is 9.69. The maximum Gasteiger partial charge on any atom is 0.306 e. The van der Waals surface area contributed by atoms with Gasteiger partial charge in [-0.2, -0.15) is 4.98 Å². The van der Waals surface area contributed by atoms with Gasteiger partial charge < -0.3 is 19.7 Å². The summed E-state index contributed by atoms with van der Waals surface area (Å²) in [5.74, 6) is -0.885. The summed E-state index contributed by atoms with van der Waals surface area (Å²) in [7, 11) is 3.53. The summed E-state index contributed by atoms with van der Waals surface area (Å²) in [6.45, 7) is 0. The molecule has 1 amide bonds. The van der Waals surface area contributed by atoms with Crippen molar-refractivity contribution in [1.29, 1.82) is 0 Å². The van der Waals surface area contributed by atoms with E-state index < -0.39 is 5.97 Å². The number of imidazole rings is 1. The smallest absolute Gasteiger partial charge is 0.306 e. The predicted molar refractivity (Wildman–Crippen MR) is 133 cm³/mol. The van der Waals surface area contributed by atoms with Crippen LogP contribution in [0.2, 0.25) is 5.02 Å². The quantitative estimate of drug-likeness (QED) is 0.510. The van der Waals surface area contributed by atoms with Crippen LogP contribution in [0.4, 0.5) is 0 Å². The molecule has 0 aliphatic heterocycles. The molecule has 2 heterocycles. The van der Waals surface area contributed by atoms with Crippen LogP contribution in [0.15, 0.2) is 36.4 Å². The van der Waals surface area contributed by atoms with Crippen LogP contribution in [0.5, 0.6) is 6.01 Å². The molecule has 2 aliphatic carbocycles. The highest BCUT2D eigenvalue weighted by molar-refractivity contribution is 6.33. The molecule has 5 rings (SSSR count). The standard InChI is InChI=1S/C26H27ClN4O4/c1-31(2)24(32)18-11-19(12-18)35-26-28-21-13-20(27)22(29-23(21)30-26)16-7-3-14(4-8-16)15-5-9-17(10-6-15)25(33)34/h3-5,7-8,13,17-19H,6,9-12H2,1-2H3,(H,33,34)(H,28,29,30). The van der Waals surface area contributed by atoms with Crippen LogP contribution in [0.3, 0.4) is 0 Å². The Morgan fingerprint density at radius 1 is 1.11 bits per heavy atom. The molecule has 2 N–H and O–H groups in total. The summed E-state index contributed by atoms with van der Waals surface area (Å²) in [4.78, 5) is 37.1. The van der Waals surface area contributed by atoms with E-state index in [2.05, 4.69) is 15.0 Å². The van der Waals surface area contributed by atoms with Gasteiger partial charge in [0, 0.05) is 25.6 Å². The number of nitrogens with one attached hydrogen (secondary N) is 1. The largest absolute Gasteiger partial charge is 0.481 e. The number of hydrogen-bond donors (Lipinski definition) is 2. The zero-order chi connectivity index (χ0) is 24.7. The Labute approximate surface area is 208 Å². The van der Waals surface area contributed by atoms with Gasteiger partial charge >= 0.3 is 5.97 Å². The number of H-pyrrole nitrogens is 1. The van der Waals surface area contributed by atoms with Gasteiger partial charge in [-0.1, -0.05) is 41.9 Å². The molecule has 2 aliphatic rings. The van der Waals surface area contributed by atoms with Gasteiger partial charge in [0.05, 0.1) is 22.2 Å². The van der Waals surface area contributed by atoms with E-state index in [1.54, 1.807) is 25.1 Å². The molecule has 0 spiro atoms. The lowest BCUT2D eigenvalue weighted by Gasteiger charge is -2.34. The van der Waals surface area contributed by atoms with Crippen LogP contribution >= 0.6 is 11.6 Å². The number of halogens is 1. The number of carbonyl (C=O) groups is 2. The molecule has 8 nitrogen and oxygen atoms in total. The summed E-state index contributed by atoms with van der Waals surface area (Å²) >= 11 is 6.55. The van der Waals surface area contributed by atoms with Crippen molar-refractivity contribution in [3.05, 3.63) is 47.0 Å². The molecule has 2 aromatic heterocycles. The number of allylic oxidation sites excluding steroid dienone is 2. The Balaban J connectivity index is 1.29. The molecule has 1 saturated carbocycles. The van der Waals surface area contributed by atoms with Crippen molar-refractivity contribution in [2.75, 3.05) is 14.1 Å². The van der Waals surface area contributed by atoms with E-state index in [4.69, 9.17) is 16.3 Å². The first-order valence-electron chi connectivity index (χ1n) is 11.7. The number of rotatable bonds is 6. The third-order valence-corrected chi connectivity index (χ3v) is 7.15. The fraction of sp³-hybridized carbons (Fsp3) is 0.385. The molecule has 1 fully saturated rings. The van der Waals surface area contributed by atoms with Gasteiger partial charge in [0.2, 0.25) is 5.91 Å². The summed E-state index contributed by atoms with van der Waals surface area (Å²) in [6.07, 6.45) is 5.30. The average molecular weight is 495 g/mol. The van der Waals surface area contributed by atoms with Crippen LogP contribution in [0, 0.1) is 11.8 Å². The molecule has 9 heteroatoms. The van der Waals surface area contributed by atoms with E-state index in [1.807, 2.05) is 30.3 Å². The number of fused-ring (bicyclic) bond motifs is 1. The lowest BCUT2D eigenvalue weighted by atomic mass is 9.81. The minimum absolute atomic E-state index is 0.00416. The maximum absolute atomic E-state index is 12.0. The lowest BCUT2D eigenvalue weighted by Crippen LogP contribution is -2.43. The number of aromatic nitrogens is 3. The topological polar surface area (TPSA) is 108 Å². The number of aromatic amines is 1. The highest BCUT2D eigenvalue weighted by Gasteiger charge is 2.37. The third kappa shape index (κ3) is 4.75. The second-order valence-electron chi connectivity index (χ2n) is 9.49. The molecule has 3 aromatic rings. The van der Waals surface area contributed by atoms with Crippen molar-refractivity contribution in [2.45, 2.75) is 38.2 Å². The Bertz CT molecular complexity index is 1310. The first-order valence-corrected chi connectivity index (χ1v) is 12.1. The van der Waals surface area contributed by atoms with E-state index in [0.717, 1.165) is 17.5 Å². The van der Waals surface area contributed by atoms with Crippen molar-refractivity contribution in [3.8, 4) is 17.3 Å². The molecule has 1 aromatic carbocycles. The predicted octanol–water partition coefficient (Wildman–Crippen LogP) is 4.79. The lowest BCUT2D eigenvalue weighted by molar-refractivity contribution is -0.142. The van der Waals surface area contributed by atoms with E-state index in [9.17, 15) is 14.7 Å². The van der Waals surface area contributed by atoms with Gasteiger partial charge in [-0.3, -0.25) is 9.59 Å².